The first-order valence-corrected chi connectivity index (χ1v) is 32.8. The molecule has 1 aromatic heterocycles. The van der Waals surface area contributed by atoms with Crippen molar-refractivity contribution >= 4 is 72.8 Å². The lowest BCUT2D eigenvalue weighted by Crippen LogP contribution is -2.56. The highest BCUT2D eigenvalue weighted by Gasteiger charge is 2.42. The van der Waals surface area contributed by atoms with Crippen LogP contribution in [0.2, 0.25) is 64.5 Å². The molecular weight excluding hydrogens is 759 g/mol. The number of hydrogen-bond acceptors (Lipinski definition) is 11. The van der Waals surface area contributed by atoms with Crippen molar-refractivity contribution in [1.82, 2.24) is 13.7 Å². The average Bonchev–Trinajstić information content (AvgIpc) is 2.87. The van der Waals surface area contributed by atoms with Crippen LogP contribution >= 0.6 is 0 Å². The normalized spacial score (nSPS) is 33.9. The number of aromatic nitrogens is 3. The van der Waals surface area contributed by atoms with E-state index >= 15 is 0 Å². The number of rotatable bonds is 10. The van der Waals surface area contributed by atoms with Gasteiger partial charge in [-0.1, -0.05) is 0 Å². The Morgan fingerprint density at radius 1 is 0.609 bits per heavy atom. The van der Waals surface area contributed by atoms with E-state index in [1.807, 2.05) is 52.4 Å². The van der Waals surface area contributed by atoms with Gasteiger partial charge in [0.05, 0.1) is 6.54 Å². The summed E-state index contributed by atoms with van der Waals surface area (Å²) >= 11 is 0. The van der Waals surface area contributed by atoms with Gasteiger partial charge in [-0.15, -0.1) is 0 Å². The predicted molar refractivity (Wildman–Crippen MR) is 179 cm³/mol. The highest BCUT2D eigenvalue weighted by Crippen LogP contribution is 2.25. The lowest BCUT2D eigenvalue weighted by atomic mass is 10.3. The van der Waals surface area contributed by atoms with Gasteiger partial charge in [0.15, 0.2) is 0 Å². The van der Waals surface area contributed by atoms with E-state index in [1.54, 1.807) is 0 Å². The van der Waals surface area contributed by atoms with Gasteiger partial charge in [-0.25, -0.2) is 32.5 Å². The number of nitrogens with zero attached hydrogens (tertiary/aromatic N) is 3. The van der Waals surface area contributed by atoms with Gasteiger partial charge in [-0.3, -0.25) is 0 Å². The Kier molecular flexibility index (Phi) is 14.3. The molecule has 2 aliphatic heterocycles. The summed E-state index contributed by atoms with van der Waals surface area (Å²) in [7, 11) is -17.8. The first-order valence-electron chi connectivity index (χ1n) is 15.2. The fourth-order valence-electron chi connectivity index (χ4n) is 5.55. The minimum absolute atomic E-state index is 0.138. The maximum Gasteiger partial charge on any atom is 0.421 e. The van der Waals surface area contributed by atoms with E-state index in [9.17, 15) is 31.9 Å². The number of hydrogen-bond donors (Lipinski definition) is 0. The van der Waals surface area contributed by atoms with E-state index in [0.717, 1.165) is 0 Å². The van der Waals surface area contributed by atoms with Gasteiger partial charge < -0.3 is 32.9 Å². The van der Waals surface area contributed by atoms with Crippen molar-refractivity contribution in [2.24, 2.45) is 0 Å². The van der Waals surface area contributed by atoms with Crippen LogP contribution in [0.5, 0.6) is 0 Å². The molecule has 0 saturated carbocycles. The molecule has 14 nitrogen and oxygen atoms in total. The molecule has 2 aliphatic rings. The molecule has 3 heterocycles. The van der Waals surface area contributed by atoms with E-state index in [1.165, 1.54) is 0 Å². The molecule has 0 aliphatic carbocycles. The Morgan fingerprint density at radius 3 is 1.22 bits per heavy atom. The van der Waals surface area contributed by atoms with Crippen LogP contribution < -0.4 is 17.1 Å². The summed E-state index contributed by atoms with van der Waals surface area (Å²) in [4.78, 5) is 40.0. The molecule has 0 aromatic carbocycles. The molecule has 1 aromatic rings. The third-order valence-electron chi connectivity index (χ3n) is 7.30. The predicted octanol–water partition coefficient (Wildman–Crippen LogP) is 0.258. The Morgan fingerprint density at radius 2 is 0.913 bits per heavy atom. The Labute approximate surface area is 277 Å². The van der Waals surface area contributed by atoms with Crippen molar-refractivity contribution in [2.75, 3.05) is 0 Å². The number of halogens is 4. The minimum Gasteiger partial charge on any atom is -0.420 e. The van der Waals surface area contributed by atoms with Gasteiger partial charge in [0.25, 0.3) is 55.7 Å². The zero-order valence-corrected chi connectivity index (χ0v) is 36.3. The van der Waals surface area contributed by atoms with Crippen LogP contribution in [0, 0.1) is 0 Å². The second kappa shape index (κ2) is 16.5. The molecule has 0 N–H and O–H groups in total. The van der Waals surface area contributed by atoms with E-state index in [0.29, 0.717) is 21.2 Å². The summed E-state index contributed by atoms with van der Waals surface area (Å²) in [6.45, 7) is 12.8. The highest BCUT2D eigenvalue weighted by molar-refractivity contribution is 6.81. The van der Waals surface area contributed by atoms with Crippen molar-refractivity contribution in [1.29, 1.82) is 0 Å². The summed E-state index contributed by atoms with van der Waals surface area (Å²) in [5.74, 6) is 0. The SMILES string of the molecule is C[SiH]1O[SiH](C)O[Si](C)(CCCn2c(=O)n(CCC[Si]3(C)O[SiH](C)O[SiH](C)O[SiH](C)O3)c(=O)n(CC(F)C(F)(F)F)c2=O)O[SiH](C)O1. The van der Waals surface area contributed by atoms with Gasteiger partial charge >= 0.3 is 40.4 Å². The molecule has 2 saturated heterocycles. The Hall–Kier alpha value is -0.455. The van der Waals surface area contributed by atoms with Crippen molar-refractivity contribution in [2.45, 2.75) is 109 Å². The largest absolute Gasteiger partial charge is 0.421 e. The van der Waals surface area contributed by atoms with Crippen LogP contribution in [0.4, 0.5) is 17.6 Å². The summed E-state index contributed by atoms with van der Waals surface area (Å²) in [5, 5.41) is 0. The Bertz CT molecular complexity index is 1250. The highest BCUT2D eigenvalue weighted by atomic mass is 28.5. The van der Waals surface area contributed by atoms with Crippen molar-refractivity contribution in [3.63, 3.8) is 0 Å². The maximum atomic E-state index is 14.2. The summed E-state index contributed by atoms with van der Waals surface area (Å²) in [6, 6.07) is 0.635. The smallest absolute Gasteiger partial charge is 0.420 e. The first-order chi connectivity index (χ1) is 21.2. The molecule has 0 radical (unpaired) electrons. The van der Waals surface area contributed by atoms with Gasteiger partial charge in [-0.05, 0) is 77.3 Å². The van der Waals surface area contributed by atoms with Crippen LogP contribution in [-0.4, -0.2) is 98.9 Å². The maximum absolute atomic E-state index is 14.2. The third-order valence-corrected chi connectivity index (χ3v) is 35.4. The molecule has 266 valence electrons. The molecule has 5 unspecified atom stereocenters. The van der Waals surface area contributed by atoms with Crippen LogP contribution in [0.25, 0.3) is 0 Å². The van der Waals surface area contributed by atoms with Crippen molar-refractivity contribution in [3.05, 3.63) is 31.5 Å². The van der Waals surface area contributed by atoms with E-state index in [4.69, 9.17) is 32.9 Å². The van der Waals surface area contributed by atoms with Crippen LogP contribution in [-0.2, 0) is 52.6 Å². The summed E-state index contributed by atoms with van der Waals surface area (Å²) < 4.78 is 104. The minimum atomic E-state index is -5.31. The van der Waals surface area contributed by atoms with Crippen LogP contribution in [0.15, 0.2) is 14.4 Å². The fourth-order valence-corrected chi connectivity index (χ4v) is 34.9. The van der Waals surface area contributed by atoms with Gasteiger partial charge in [-0.2, -0.15) is 13.2 Å². The van der Waals surface area contributed by atoms with Crippen LogP contribution in [0.3, 0.4) is 0 Å². The Balaban J connectivity index is 1.87. The third kappa shape index (κ3) is 11.3. The molecule has 26 heteroatoms. The van der Waals surface area contributed by atoms with Crippen LogP contribution in [0.1, 0.15) is 12.8 Å². The van der Waals surface area contributed by atoms with Gasteiger partial charge in [0.1, 0.15) is 0 Å². The zero-order valence-electron chi connectivity index (χ0n) is 27.3. The molecule has 3 rings (SSSR count). The quantitative estimate of drug-likeness (QED) is 0.238. The molecule has 0 spiro atoms. The summed E-state index contributed by atoms with van der Waals surface area (Å²) in [5.41, 5.74) is -3.64. The van der Waals surface area contributed by atoms with E-state index < -0.39 is 109 Å². The molecule has 2 fully saturated rings. The average molecular weight is 804 g/mol. The first kappa shape index (κ1) is 40.0. The van der Waals surface area contributed by atoms with Crippen molar-refractivity contribution in [3.8, 4) is 0 Å². The molecule has 5 atom stereocenters. The standard InChI is InChI=1S/C20H45F4N3O11Si8/c1-39-31-41(3)35-45(7,36-42(4)32-39)13-9-11-25-17(28)26(19(30)27(18(25)29)15-16(21)20(22,23)24)12-10-14-46(8)37-43(5)33-40(2)34-44(6)38-46/h16,39-44H,9-15H2,1-8H3. The van der Waals surface area contributed by atoms with Crippen molar-refractivity contribution < 1.29 is 50.5 Å². The molecule has 0 amide bonds. The zero-order chi connectivity index (χ0) is 34.6. The van der Waals surface area contributed by atoms with E-state index in [-0.39, 0.29) is 30.5 Å². The van der Waals surface area contributed by atoms with E-state index in [2.05, 4.69) is 0 Å². The lowest BCUT2D eigenvalue weighted by Gasteiger charge is -2.37. The molecular formula is C20H45F4N3O11Si8. The second-order valence-corrected chi connectivity index (χ2v) is 32.1. The van der Waals surface area contributed by atoms with Gasteiger partial charge in [0.2, 0.25) is 6.17 Å². The topological polar surface area (TPSA) is 140 Å². The fraction of sp³-hybridized carbons (Fsp3) is 0.850. The monoisotopic (exact) mass is 803 g/mol. The second-order valence-electron chi connectivity index (χ2n) is 11.7. The molecule has 46 heavy (non-hydrogen) atoms. The molecule has 0 bridgehead atoms. The number of alkyl halides is 4. The van der Waals surface area contributed by atoms with Gasteiger partial charge in [0, 0.05) is 13.1 Å². The lowest BCUT2D eigenvalue weighted by molar-refractivity contribution is -0.184. The summed E-state index contributed by atoms with van der Waals surface area (Å²) in [6.07, 6.45) is -8.46.